The van der Waals surface area contributed by atoms with Crippen LogP contribution in [0.2, 0.25) is 5.02 Å². The molecule has 108 valence electrons. The van der Waals surface area contributed by atoms with Crippen LogP contribution in [0.25, 0.3) is 0 Å². The van der Waals surface area contributed by atoms with E-state index >= 15 is 0 Å². The molecule has 1 fully saturated rings. The van der Waals surface area contributed by atoms with Gasteiger partial charge in [-0.15, -0.1) is 0 Å². The summed E-state index contributed by atoms with van der Waals surface area (Å²) in [5, 5.41) is 11.2. The fraction of sp³-hybridized carbons (Fsp3) is 0.294. The first-order chi connectivity index (χ1) is 10.0. The highest BCUT2D eigenvalue weighted by molar-refractivity contribution is 6.30. The van der Waals surface area contributed by atoms with E-state index in [9.17, 15) is 5.21 Å². The lowest BCUT2D eigenvalue weighted by Crippen LogP contribution is -2.37. The van der Waals surface area contributed by atoms with Gasteiger partial charge >= 0.3 is 0 Å². The normalized spacial score (nSPS) is 29.9. The van der Waals surface area contributed by atoms with Gasteiger partial charge in [0.1, 0.15) is 24.6 Å². The largest absolute Gasteiger partial charge is 0.457 e. The number of likely N-dealkylation sites (N-methyl/N-ethyl adjacent to an activating group) is 1. The fourth-order valence-corrected chi connectivity index (χ4v) is 3.89. The number of halogens is 1. The molecule has 0 aliphatic carbocycles. The summed E-state index contributed by atoms with van der Waals surface area (Å²) < 4.78 is 6.15. The Morgan fingerprint density at radius 1 is 1.05 bits per heavy atom. The van der Waals surface area contributed by atoms with Gasteiger partial charge in [0.05, 0.1) is 18.9 Å². The van der Waals surface area contributed by atoms with Crippen molar-refractivity contribution >= 4 is 11.6 Å². The van der Waals surface area contributed by atoms with Crippen molar-refractivity contribution in [3.8, 4) is 11.5 Å². The number of likely N-dealkylation sites (tertiary alicyclic amines) is 1. The summed E-state index contributed by atoms with van der Waals surface area (Å²) in [4.78, 5) is 0. The van der Waals surface area contributed by atoms with Crippen LogP contribution in [0.1, 0.15) is 23.0 Å². The Balaban J connectivity index is 1.94. The van der Waals surface area contributed by atoms with E-state index in [0.717, 1.165) is 17.1 Å². The quantitative estimate of drug-likeness (QED) is 0.740. The highest BCUT2D eigenvalue weighted by Gasteiger charge is 2.47. The third kappa shape index (κ3) is 2.13. The first kappa shape index (κ1) is 13.1. The van der Waals surface area contributed by atoms with E-state index in [2.05, 4.69) is 6.07 Å². The minimum Gasteiger partial charge on any atom is -0.457 e. The van der Waals surface area contributed by atoms with Gasteiger partial charge in [0, 0.05) is 16.1 Å². The Bertz CT molecular complexity index is 714. The monoisotopic (exact) mass is 302 g/mol. The first-order valence-electron chi connectivity index (χ1n) is 7.17. The van der Waals surface area contributed by atoms with Gasteiger partial charge in [-0.05, 0) is 24.3 Å². The van der Waals surface area contributed by atoms with Crippen LogP contribution in [0.4, 0.5) is 0 Å². The van der Waals surface area contributed by atoms with Crippen LogP contribution in [-0.2, 0) is 0 Å². The Morgan fingerprint density at radius 2 is 1.71 bits per heavy atom. The molecule has 1 N–H and O–H groups in total. The second-order valence-electron chi connectivity index (χ2n) is 6.24. The van der Waals surface area contributed by atoms with Crippen LogP contribution in [-0.4, -0.2) is 30.0 Å². The number of para-hydroxylation sites is 1. The Hall–Kier alpha value is -1.55. The zero-order valence-corrected chi connectivity index (χ0v) is 12.5. The third-order valence-corrected chi connectivity index (χ3v) is 4.81. The number of rotatable bonds is 0. The van der Waals surface area contributed by atoms with Gasteiger partial charge in [-0.1, -0.05) is 29.8 Å². The molecule has 3 nitrogen and oxygen atoms in total. The van der Waals surface area contributed by atoms with Gasteiger partial charge in [0.15, 0.2) is 0 Å². The van der Waals surface area contributed by atoms with E-state index in [1.54, 1.807) is 0 Å². The number of hydrogen-bond donors (Lipinski definition) is 1. The number of fused-ring (bicyclic) bond motifs is 5. The molecule has 1 saturated heterocycles. The molecule has 0 bridgehead atoms. The average Bonchev–Trinajstić information content (AvgIpc) is 2.71. The van der Waals surface area contributed by atoms with E-state index in [-0.39, 0.29) is 16.5 Å². The summed E-state index contributed by atoms with van der Waals surface area (Å²) >= 11 is 6.18. The van der Waals surface area contributed by atoms with Crippen molar-refractivity contribution < 1.29 is 14.6 Å². The SMILES string of the molecule is C[N+]1(O)C[C@H]2c3ccccc3Oc3ccc(Cl)cc3[C@@H]2C1. The summed E-state index contributed by atoms with van der Waals surface area (Å²) in [6.45, 7) is 1.37. The fourth-order valence-electron chi connectivity index (χ4n) is 3.71. The maximum atomic E-state index is 10.5. The topological polar surface area (TPSA) is 29.5 Å². The zero-order chi connectivity index (χ0) is 14.6. The van der Waals surface area contributed by atoms with Gasteiger partial charge in [-0.25, -0.2) is 5.21 Å². The number of quaternary nitrogens is 1. The summed E-state index contributed by atoms with van der Waals surface area (Å²) in [5.41, 5.74) is 2.27. The van der Waals surface area contributed by atoms with E-state index in [1.165, 1.54) is 5.56 Å². The highest BCUT2D eigenvalue weighted by atomic mass is 35.5. The second-order valence-corrected chi connectivity index (χ2v) is 6.68. The molecule has 2 aliphatic heterocycles. The molecule has 21 heavy (non-hydrogen) atoms. The number of hydroxylamine groups is 3. The minimum absolute atomic E-state index is 0.0373. The molecule has 4 heteroatoms. The average molecular weight is 303 g/mol. The second kappa shape index (κ2) is 4.47. The Labute approximate surface area is 128 Å². The van der Waals surface area contributed by atoms with E-state index in [1.807, 2.05) is 43.4 Å². The molecule has 1 unspecified atom stereocenters. The van der Waals surface area contributed by atoms with Crippen molar-refractivity contribution in [3.05, 3.63) is 58.6 Å². The number of nitrogens with zero attached hydrogens (tertiary/aromatic N) is 1. The van der Waals surface area contributed by atoms with Crippen LogP contribution >= 0.6 is 11.6 Å². The summed E-state index contributed by atoms with van der Waals surface area (Å²) in [6, 6.07) is 13.9. The van der Waals surface area contributed by atoms with Crippen LogP contribution in [0.5, 0.6) is 11.5 Å². The zero-order valence-electron chi connectivity index (χ0n) is 11.8. The lowest BCUT2D eigenvalue weighted by atomic mass is 9.84. The van der Waals surface area contributed by atoms with Crippen molar-refractivity contribution in [1.29, 1.82) is 0 Å². The summed E-state index contributed by atoms with van der Waals surface area (Å²) in [6.07, 6.45) is 0. The van der Waals surface area contributed by atoms with Gasteiger partial charge in [-0.2, -0.15) is 4.65 Å². The molecule has 0 amide bonds. The van der Waals surface area contributed by atoms with Crippen molar-refractivity contribution in [2.24, 2.45) is 0 Å². The molecule has 2 aromatic carbocycles. The molecule has 3 atom stereocenters. The summed E-state index contributed by atoms with van der Waals surface area (Å²) in [7, 11) is 1.86. The smallest absolute Gasteiger partial charge is 0.131 e. The molecule has 2 heterocycles. The molecule has 2 aromatic rings. The van der Waals surface area contributed by atoms with Gasteiger partial charge in [-0.3, -0.25) is 0 Å². The van der Waals surface area contributed by atoms with Crippen molar-refractivity contribution in [2.75, 3.05) is 20.1 Å². The van der Waals surface area contributed by atoms with Crippen molar-refractivity contribution in [1.82, 2.24) is 0 Å². The van der Waals surface area contributed by atoms with Crippen molar-refractivity contribution in [2.45, 2.75) is 11.8 Å². The van der Waals surface area contributed by atoms with Crippen LogP contribution < -0.4 is 4.74 Å². The molecular weight excluding hydrogens is 286 g/mol. The van der Waals surface area contributed by atoms with E-state index in [4.69, 9.17) is 16.3 Å². The van der Waals surface area contributed by atoms with Crippen molar-refractivity contribution in [3.63, 3.8) is 0 Å². The van der Waals surface area contributed by atoms with E-state index < -0.39 is 0 Å². The molecule has 0 radical (unpaired) electrons. The maximum Gasteiger partial charge on any atom is 0.131 e. The first-order valence-corrected chi connectivity index (χ1v) is 7.55. The van der Waals surface area contributed by atoms with Crippen LogP contribution in [0, 0.1) is 0 Å². The predicted octanol–water partition coefficient (Wildman–Crippen LogP) is 4.16. The van der Waals surface area contributed by atoms with Gasteiger partial charge in [0.2, 0.25) is 0 Å². The minimum atomic E-state index is 0.0373. The molecule has 2 aliphatic rings. The maximum absolute atomic E-state index is 10.5. The highest BCUT2D eigenvalue weighted by Crippen LogP contribution is 2.51. The van der Waals surface area contributed by atoms with Gasteiger partial charge < -0.3 is 4.74 Å². The molecule has 0 aromatic heterocycles. The molecule has 0 saturated carbocycles. The Morgan fingerprint density at radius 3 is 2.52 bits per heavy atom. The van der Waals surface area contributed by atoms with Crippen LogP contribution in [0.3, 0.4) is 0 Å². The van der Waals surface area contributed by atoms with Crippen LogP contribution in [0.15, 0.2) is 42.5 Å². The molecule has 4 rings (SSSR count). The number of ether oxygens (including phenoxy) is 1. The van der Waals surface area contributed by atoms with E-state index in [0.29, 0.717) is 18.1 Å². The summed E-state index contributed by atoms with van der Waals surface area (Å²) in [5.74, 6) is 2.20. The standard InChI is InChI=1S/C17H17ClNO2/c1-19(20)9-14-12-4-2-3-5-16(12)21-17-7-6-11(18)8-13(17)15(14)10-19/h2-8,14-15,20H,9-10H2,1H3/q+1/t14-,15-,19?/m0/s1. The third-order valence-electron chi connectivity index (χ3n) is 4.58. The van der Waals surface area contributed by atoms with Gasteiger partial charge in [0.25, 0.3) is 0 Å². The lowest BCUT2D eigenvalue weighted by molar-refractivity contribution is -1.08. The number of hydrogen-bond acceptors (Lipinski definition) is 2. The Kier molecular flexibility index (Phi) is 2.80. The number of benzene rings is 2. The molecular formula is C17H17ClNO2+. The predicted molar refractivity (Wildman–Crippen MR) is 81.2 cm³/mol. The lowest BCUT2D eigenvalue weighted by Gasteiger charge is -2.20. The molecule has 0 spiro atoms.